The van der Waals surface area contributed by atoms with Gasteiger partial charge in [0.1, 0.15) is 0 Å². The molecule has 176 valence electrons. The molecule has 1 aromatic rings. The van der Waals surface area contributed by atoms with Crippen LogP contribution in [-0.4, -0.2) is 75.7 Å². The van der Waals surface area contributed by atoms with E-state index in [1.165, 1.54) is 25.7 Å². The number of anilines is 1. The third-order valence-corrected chi connectivity index (χ3v) is 6.94. The van der Waals surface area contributed by atoms with Crippen LogP contribution in [0.4, 0.5) is 5.69 Å². The van der Waals surface area contributed by atoms with Crippen molar-refractivity contribution >= 4 is 17.8 Å². The fraction of sp³-hybridized carbons (Fsp3) is 0.680. The summed E-state index contributed by atoms with van der Waals surface area (Å²) in [5.74, 6) is 0.543. The van der Waals surface area contributed by atoms with Gasteiger partial charge < -0.3 is 19.7 Å². The molecular weight excluding hydrogens is 404 g/mol. The van der Waals surface area contributed by atoms with Gasteiger partial charge in [-0.2, -0.15) is 5.10 Å². The summed E-state index contributed by atoms with van der Waals surface area (Å²) in [7, 11) is 1.71. The first-order valence-electron chi connectivity index (χ1n) is 12.3. The Balaban J connectivity index is 1.30. The van der Waals surface area contributed by atoms with Gasteiger partial charge in [-0.05, 0) is 62.4 Å². The molecule has 32 heavy (non-hydrogen) atoms. The normalized spacial score (nSPS) is 26.4. The van der Waals surface area contributed by atoms with E-state index >= 15 is 0 Å². The molecule has 2 heterocycles. The van der Waals surface area contributed by atoms with Crippen molar-refractivity contribution in [1.29, 1.82) is 0 Å². The predicted molar refractivity (Wildman–Crippen MR) is 127 cm³/mol. The van der Waals surface area contributed by atoms with Crippen molar-refractivity contribution in [2.45, 2.75) is 57.1 Å². The van der Waals surface area contributed by atoms with Gasteiger partial charge in [0.25, 0.3) is 5.91 Å². The van der Waals surface area contributed by atoms with E-state index in [0.29, 0.717) is 25.2 Å². The van der Waals surface area contributed by atoms with E-state index < -0.39 is 0 Å². The number of methoxy groups -OCH3 is 1. The minimum Gasteiger partial charge on any atom is -0.382 e. The number of rotatable bonds is 9. The molecule has 1 saturated heterocycles. The molecule has 0 spiro atoms. The number of piperidine rings is 1. The molecule has 3 atom stereocenters. The highest BCUT2D eigenvalue weighted by Gasteiger charge is 2.30. The maximum Gasteiger partial charge on any atom is 0.251 e. The van der Waals surface area contributed by atoms with Gasteiger partial charge in [-0.3, -0.25) is 9.80 Å². The number of carbonyl (C=O) groups excluding carboxylic acids is 1. The van der Waals surface area contributed by atoms with Gasteiger partial charge in [0.05, 0.1) is 25.0 Å². The summed E-state index contributed by atoms with van der Waals surface area (Å²) in [6.45, 7) is 5.38. The third-order valence-electron chi connectivity index (χ3n) is 6.94. The maximum absolute atomic E-state index is 13.0. The lowest BCUT2D eigenvalue weighted by molar-refractivity contribution is -0.0254. The molecule has 4 rings (SSSR count). The molecular formula is C25H38N4O3. The van der Waals surface area contributed by atoms with Gasteiger partial charge in [0.2, 0.25) is 0 Å². The van der Waals surface area contributed by atoms with E-state index in [2.05, 4.69) is 15.3 Å². The third kappa shape index (κ3) is 6.30. The SMILES string of the molecule is COCCO[C@@H]1CCCN(C[C@H]2CCCC[C@@H]2NC(=O)c2ccc(N3CCC=N3)cc2)C1. The number of benzene rings is 1. The van der Waals surface area contributed by atoms with E-state index in [-0.39, 0.29) is 11.9 Å². The van der Waals surface area contributed by atoms with Gasteiger partial charge in [-0.15, -0.1) is 0 Å². The van der Waals surface area contributed by atoms with Crippen molar-refractivity contribution < 1.29 is 14.3 Å². The number of hydrogen-bond donors (Lipinski definition) is 1. The van der Waals surface area contributed by atoms with Crippen LogP contribution in [0.1, 0.15) is 55.3 Å². The fourth-order valence-electron chi connectivity index (χ4n) is 5.19. The summed E-state index contributed by atoms with van der Waals surface area (Å²) in [5.41, 5.74) is 1.77. The van der Waals surface area contributed by atoms with E-state index in [9.17, 15) is 4.79 Å². The van der Waals surface area contributed by atoms with E-state index in [1.54, 1.807) is 7.11 Å². The summed E-state index contributed by atoms with van der Waals surface area (Å²) in [6.07, 6.45) is 10.2. The molecule has 2 fully saturated rings. The number of hydrogen-bond acceptors (Lipinski definition) is 6. The Morgan fingerprint density at radius 3 is 2.72 bits per heavy atom. The summed E-state index contributed by atoms with van der Waals surface area (Å²) in [5, 5.41) is 9.69. The van der Waals surface area contributed by atoms with Crippen LogP contribution in [0, 0.1) is 5.92 Å². The zero-order valence-electron chi connectivity index (χ0n) is 19.4. The standard InChI is InChI=1S/C25H38N4O3/c1-31-16-17-32-23-7-4-14-28(19-23)18-21-6-2-3-8-24(21)27-25(30)20-9-11-22(12-10-20)29-15-5-13-26-29/h9-13,21,23-24H,2-8,14-19H2,1H3,(H,27,30)/t21-,23-,24+/m1/s1. The number of amides is 1. The van der Waals surface area contributed by atoms with Gasteiger partial charge in [0, 0.05) is 51.0 Å². The molecule has 2 aliphatic heterocycles. The van der Waals surface area contributed by atoms with Crippen LogP contribution in [0.2, 0.25) is 0 Å². The summed E-state index contributed by atoms with van der Waals surface area (Å²) >= 11 is 0. The summed E-state index contributed by atoms with van der Waals surface area (Å²) < 4.78 is 11.1. The fourth-order valence-corrected chi connectivity index (χ4v) is 5.19. The van der Waals surface area contributed by atoms with E-state index in [0.717, 1.165) is 56.7 Å². The summed E-state index contributed by atoms with van der Waals surface area (Å²) in [6, 6.07) is 8.07. The second kappa shape index (κ2) is 11.8. The molecule has 1 aliphatic carbocycles. The summed E-state index contributed by atoms with van der Waals surface area (Å²) in [4.78, 5) is 15.5. The largest absolute Gasteiger partial charge is 0.382 e. The minimum absolute atomic E-state index is 0.0396. The monoisotopic (exact) mass is 442 g/mol. The number of nitrogens with zero attached hydrogens (tertiary/aromatic N) is 3. The molecule has 3 aliphatic rings. The zero-order valence-corrected chi connectivity index (χ0v) is 19.4. The average Bonchev–Trinajstić information content (AvgIpc) is 3.36. The lowest BCUT2D eigenvalue weighted by atomic mass is 9.83. The van der Waals surface area contributed by atoms with Crippen LogP contribution >= 0.6 is 0 Å². The van der Waals surface area contributed by atoms with Gasteiger partial charge in [-0.25, -0.2) is 0 Å². The number of carbonyl (C=O) groups is 1. The van der Waals surface area contributed by atoms with Gasteiger partial charge in [0.15, 0.2) is 0 Å². The number of nitrogens with one attached hydrogen (secondary N) is 1. The second-order valence-corrected chi connectivity index (χ2v) is 9.27. The minimum atomic E-state index is 0.0396. The molecule has 1 aromatic carbocycles. The lowest BCUT2D eigenvalue weighted by Crippen LogP contribution is -2.49. The van der Waals surface area contributed by atoms with Crippen LogP contribution in [0.5, 0.6) is 0 Å². The maximum atomic E-state index is 13.0. The van der Waals surface area contributed by atoms with Crippen LogP contribution in [0.15, 0.2) is 29.4 Å². The Labute approximate surface area is 192 Å². The average molecular weight is 443 g/mol. The van der Waals surface area contributed by atoms with Crippen molar-refractivity contribution in [2.75, 3.05) is 51.5 Å². The van der Waals surface area contributed by atoms with Crippen molar-refractivity contribution in [3.63, 3.8) is 0 Å². The lowest BCUT2D eigenvalue weighted by Gasteiger charge is -2.39. The number of likely N-dealkylation sites (tertiary alicyclic amines) is 1. The quantitative estimate of drug-likeness (QED) is 0.595. The Morgan fingerprint density at radius 2 is 1.94 bits per heavy atom. The Hall–Kier alpha value is -1.96. The molecule has 1 saturated carbocycles. The zero-order chi connectivity index (χ0) is 22.2. The highest BCUT2D eigenvalue weighted by Crippen LogP contribution is 2.27. The topological polar surface area (TPSA) is 66.4 Å². The predicted octanol–water partition coefficient (Wildman–Crippen LogP) is 3.30. The van der Waals surface area contributed by atoms with E-state index in [4.69, 9.17) is 9.47 Å². The van der Waals surface area contributed by atoms with Crippen molar-refractivity contribution in [3.05, 3.63) is 29.8 Å². The van der Waals surface area contributed by atoms with Crippen LogP contribution < -0.4 is 10.3 Å². The number of ether oxygens (including phenoxy) is 2. The van der Waals surface area contributed by atoms with Crippen molar-refractivity contribution in [3.8, 4) is 0 Å². The molecule has 0 aromatic heterocycles. The molecule has 1 amide bonds. The Morgan fingerprint density at radius 1 is 1.09 bits per heavy atom. The first kappa shape index (κ1) is 23.2. The molecule has 0 bridgehead atoms. The second-order valence-electron chi connectivity index (χ2n) is 9.27. The smallest absolute Gasteiger partial charge is 0.251 e. The van der Waals surface area contributed by atoms with Gasteiger partial charge in [-0.1, -0.05) is 12.8 Å². The van der Waals surface area contributed by atoms with Crippen molar-refractivity contribution in [1.82, 2.24) is 10.2 Å². The Bertz CT molecular complexity index is 754. The molecule has 7 nitrogen and oxygen atoms in total. The van der Waals surface area contributed by atoms with Crippen LogP contribution in [0.25, 0.3) is 0 Å². The number of hydrazone groups is 1. The highest BCUT2D eigenvalue weighted by molar-refractivity contribution is 5.94. The first-order chi connectivity index (χ1) is 15.7. The van der Waals surface area contributed by atoms with Gasteiger partial charge >= 0.3 is 0 Å². The molecule has 7 heteroatoms. The highest BCUT2D eigenvalue weighted by atomic mass is 16.5. The Kier molecular flexibility index (Phi) is 8.54. The first-order valence-corrected chi connectivity index (χ1v) is 12.3. The van der Waals surface area contributed by atoms with Crippen molar-refractivity contribution in [2.24, 2.45) is 11.0 Å². The molecule has 0 unspecified atom stereocenters. The van der Waals surface area contributed by atoms with E-state index in [1.807, 2.05) is 35.5 Å². The van der Waals surface area contributed by atoms with Crippen LogP contribution in [-0.2, 0) is 9.47 Å². The van der Waals surface area contributed by atoms with Crippen LogP contribution in [0.3, 0.4) is 0 Å². The molecule has 1 N–H and O–H groups in total. The molecule has 0 radical (unpaired) electrons.